The summed E-state index contributed by atoms with van der Waals surface area (Å²) >= 11 is 0. The Kier molecular flexibility index (Phi) is 7.52. The van der Waals surface area contributed by atoms with Crippen molar-refractivity contribution in [3.05, 3.63) is 35.9 Å². The molecule has 23 heavy (non-hydrogen) atoms. The van der Waals surface area contributed by atoms with Crippen LogP contribution in [-0.4, -0.2) is 74.7 Å². The van der Waals surface area contributed by atoms with Crippen LogP contribution in [0.3, 0.4) is 0 Å². The molecule has 5 heteroatoms. The summed E-state index contributed by atoms with van der Waals surface area (Å²) in [6, 6.07) is 10.2. The van der Waals surface area contributed by atoms with Crippen LogP contribution in [0.5, 0.6) is 0 Å². The number of rotatable bonds is 8. The minimum absolute atomic E-state index is 0.0599. The van der Waals surface area contributed by atoms with E-state index in [9.17, 15) is 4.79 Å². The molecular weight excluding hydrogens is 290 g/mol. The summed E-state index contributed by atoms with van der Waals surface area (Å²) in [5.74, 6) is 0.131. The Balaban J connectivity index is 1.67. The number of carbonyl (C=O) groups excluding carboxylic acids is 1. The molecule has 1 atom stereocenters. The molecule has 1 fully saturated rings. The van der Waals surface area contributed by atoms with Crippen LogP contribution in [0.1, 0.15) is 12.5 Å². The molecule has 0 spiro atoms. The topological polar surface area (TPSA) is 44.8 Å². The Bertz CT molecular complexity index is 459. The summed E-state index contributed by atoms with van der Waals surface area (Å²) in [6.45, 7) is 8.34. The van der Waals surface area contributed by atoms with Crippen molar-refractivity contribution < 1.29 is 9.53 Å². The molecule has 0 aliphatic carbocycles. The predicted molar refractivity (Wildman–Crippen MR) is 92.5 cm³/mol. The molecule has 1 heterocycles. The second kappa shape index (κ2) is 9.65. The van der Waals surface area contributed by atoms with Crippen LogP contribution in [0.15, 0.2) is 30.3 Å². The van der Waals surface area contributed by atoms with Gasteiger partial charge in [-0.25, -0.2) is 0 Å². The maximum absolute atomic E-state index is 12.3. The number of hydrogen-bond acceptors (Lipinski definition) is 4. The molecule has 1 aromatic rings. The number of piperazine rings is 1. The quantitative estimate of drug-likeness (QED) is 0.776. The fraction of sp³-hybridized carbons (Fsp3) is 0.611. The van der Waals surface area contributed by atoms with E-state index in [-0.39, 0.29) is 11.9 Å². The largest absolute Gasteiger partial charge is 0.383 e. The van der Waals surface area contributed by atoms with Crippen molar-refractivity contribution in [2.24, 2.45) is 0 Å². The summed E-state index contributed by atoms with van der Waals surface area (Å²) in [5, 5.41) is 3.06. The van der Waals surface area contributed by atoms with E-state index in [1.165, 1.54) is 5.56 Å². The second-order valence-corrected chi connectivity index (χ2v) is 6.07. The number of carbonyl (C=O) groups is 1. The number of amides is 1. The monoisotopic (exact) mass is 319 g/mol. The van der Waals surface area contributed by atoms with E-state index in [1.54, 1.807) is 7.11 Å². The SMILES string of the molecule is COCCN1CCN(C(C)C(=O)NCCc2ccccc2)CC1. The Labute approximate surface area is 139 Å². The lowest BCUT2D eigenvalue weighted by Gasteiger charge is -2.37. The summed E-state index contributed by atoms with van der Waals surface area (Å²) in [5.41, 5.74) is 1.26. The lowest BCUT2D eigenvalue weighted by molar-refractivity contribution is -0.126. The van der Waals surface area contributed by atoms with Crippen LogP contribution in [0.2, 0.25) is 0 Å². The highest BCUT2D eigenvalue weighted by Gasteiger charge is 2.24. The van der Waals surface area contributed by atoms with Crippen molar-refractivity contribution in [1.29, 1.82) is 0 Å². The van der Waals surface area contributed by atoms with Gasteiger partial charge >= 0.3 is 0 Å². The normalized spacial score (nSPS) is 17.8. The highest BCUT2D eigenvalue weighted by molar-refractivity contribution is 5.81. The summed E-state index contributed by atoms with van der Waals surface area (Å²) in [4.78, 5) is 17.0. The number of hydrogen-bond donors (Lipinski definition) is 1. The molecule has 5 nitrogen and oxygen atoms in total. The van der Waals surface area contributed by atoms with Crippen LogP contribution in [-0.2, 0) is 16.0 Å². The third-order valence-electron chi connectivity index (χ3n) is 4.50. The van der Waals surface area contributed by atoms with Gasteiger partial charge in [0.25, 0.3) is 0 Å². The Morgan fingerprint density at radius 2 is 1.91 bits per heavy atom. The predicted octanol–water partition coefficient (Wildman–Crippen LogP) is 0.998. The first-order valence-corrected chi connectivity index (χ1v) is 8.47. The lowest BCUT2D eigenvalue weighted by Crippen LogP contribution is -2.54. The van der Waals surface area contributed by atoms with Crippen LogP contribution in [0.4, 0.5) is 0 Å². The summed E-state index contributed by atoms with van der Waals surface area (Å²) in [7, 11) is 1.73. The fourth-order valence-corrected chi connectivity index (χ4v) is 2.88. The molecule has 1 aromatic carbocycles. The van der Waals surface area contributed by atoms with Crippen LogP contribution in [0, 0.1) is 0 Å². The van der Waals surface area contributed by atoms with E-state index in [0.29, 0.717) is 6.54 Å². The molecule has 1 saturated heterocycles. The van der Waals surface area contributed by atoms with Gasteiger partial charge in [0.1, 0.15) is 0 Å². The Morgan fingerprint density at radius 3 is 2.57 bits per heavy atom. The van der Waals surface area contributed by atoms with Gasteiger partial charge in [-0.15, -0.1) is 0 Å². The van der Waals surface area contributed by atoms with Gasteiger partial charge in [0.05, 0.1) is 12.6 Å². The van der Waals surface area contributed by atoms with E-state index in [2.05, 4.69) is 27.2 Å². The molecule has 2 rings (SSSR count). The molecule has 0 radical (unpaired) electrons. The molecule has 1 aliphatic rings. The maximum Gasteiger partial charge on any atom is 0.237 e. The molecule has 1 aliphatic heterocycles. The first-order valence-electron chi connectivity index (χ1n) is 8.47. The molecule has 0 saturated carbocycles. The van der Waals surface area contributed by atoms with Crippen LogP contribution < -0.4 is 5.32 Å². The van der Waals surface area contributed by atoms with Gasteiger partial charge in [-0.3, -0.25) is 14.6 Å². The summed E-state index contributed by atoms with van der Waals surface area (Å²) in [6.07, 6.45) is 0.879. The van der Waals surface area contributed by atoms with E-state index in [1.807, 2.05) is 25.1 Å². The average molecular weight is 319 g/mol. The summed E-state index contributed by atoms with van der Waals surface area (Å²) < 4.78 is 5.12. The number of methoxy groups -OCH3 is 1. The smallest absolute Gasteiger partial charge is 0.237 e. The molecule has 0 aromatic heterocycles. The Morgan fingerprint density at radius 1 is 1.22 bits per heavy atom. The molecule has 0 bridgehead atoms. The van der Waals surface area contributed by atoms with E-state index in [4.69, 9.17) is 4.74 Å². The highest BCUT2D eigenvalue weighted by atomic mass is 16.5. The van der Waals surface area contributed by atoms with E-state index >= 15 is 0 Å². The average Bonchev–Trinajstić information content (AvgIpc) is 2.60. The first-order chi connectivity index (χ1) is 11.2. The van der Waals surface area contributed by atoms with Crippen LogP contribution in [0.25, 0.3) is 0 Å². The van der Waals surface area contributed by atoms with E-state index < -0.39 is 0 Å². The van der Waals surface area contributed by atoms with Crippen LogP contribution >= 0.6 is 0 Å². The molecule has 1 amide bonds. The highest BCUT2D eigenvalue weighted by Crippen LogP contribution is 2.06. The molecule has 1 unspecified atom stereocenters. The zero-order chi connectivity index (χ0) is 16.5. The van der Waals surface area contributed by atoms with Gasteiger partial charge in [-0.2, -0.15) is 0 Å². The molecule has 128 valence electrons. The van der Waals surface area contributed by atoms with Gasteiger partial charge in [0, 0.05) is 46.4 Å². The minimum atomic E-state index is -0.0599. The minimum Gasteiger partial charge on any atom is -0.383 e. The number of benzene rings is 1. The second-order valence-electron chi connectivity index (χ2n) is 6.07. The van der Waals surface area contributed by atoms with Crippen molar-refractivity contribution >= 4 is 5.91 Å². The third-order valence-corrected chi connectivity index (χ3v) is 4.50. The van der Waals surface area contributed by atoms with Crippen molar-refractivity contribution in [3.8, 4) is 0 Å². The zero-order valence-electron chi connectivity index (χ0n) is 14.3. The van der Waals surface area contributed by atoms with Crippen molar-refractivity contribution in [2.45, 2.75) is 19.4 Å². The van der Waals surface area contributed by atoms with E-state index in [0.717, 1.165) is 45.8 Å². The third kappa shape index (κ3) is 5.94. The van der Waals surface area contributed by atoms with Crippen molar-refractivity contribution in [1.82, 2.24) is 15.1 Å². The van der Waals surface area contributed by atoms with Gasteiger partial charge in [0.2, 0.25) is 5.91 Å². The number of nitrogens with one attached hydrogen (secondary N) is 1. The number of nitrogens with zero attached hydrogens (tertiary/aromatic N) is 2. The number of ether oxygens (including phenoxy) is 1. The fourth-order valence-electron chi connectivity index (χ4n) is 2.88. The van der Waals surface area contributed by atoms with Gasteiger partial charge in [-0.05, 0) is 18.9 Å². The van der Waals surface area contributed by atoms with Crippen molar-refractivity contribution in [2.75, 3.05) is 53.0 Å². The van der Waals surface area contributed by atoms with Gasteiger partial charge < -0.3 is 10.1 Å². The molecule has 1 N–H and O–H groups in total. The first kappa shape index (κ1) is 17.9. The van der Waals surface area contributed by atoms with Gasteiger partial charge in [-0.1, -0.05) is 30.3 Å². The Hall–Kier alpha value is -1.43. The zero-order valence-corrected chi connectivity index (χ0v) is 14.3. The van der Waals surface area contributed by atoms with Gasteiger partial charge in [0.15, 0.2) is 0 Å². The maximum atomic E-state index is 12.3. The van der Waals surface area contributed by atoms with Crippen molar-refractivity contribution in [3.63, 3.8) is 0 Å². The molecular formula is C18H29N3O2. The standard InChI is InChI=1S/C18H29N3O2/c1-16(21-12-10-20(11-13-21)14-15-23-2)18(22)19-9-8-17-6-4-3-5-7-17/h3-7,16H,8-15H2,1-2H3,(H,19,22). The lowest BCUT2D eigenvalue weighted by atomic mass is 10.1.